The van der Waals surface area contributed by atoms with Crippen LogP contribution in [0.1, 0.15) is 27.2 Å². The molecule has 14 heavy (non-hydrogen) atoms. The van der Waals surface area contributed by atoms with Crippen LogP contribution in [0.5, 0.6) is 0 Å². The molecule has 3 nitrogen and oxygen atoms in total. The van der Waals surface area contributed by atoms with Crippen molar-refractivity contribution in [1.29, 1.82) is 0 Å². The molecule has 0 heterocycles. The topological polar surface area (TPSA) is 30.5 Å². The largest absolute Gasteiger partial charge is 0.385 e. The Kier molecular flexibility index (Phi) is 8.14. The molecule has 0 radical (unpaired) electrons. The van der Waals surface area contributed by atoms with Gasteiger partial charge in [-0.3, -0.25) is 0 Å². The van der Waals surface area contributed by atoms with Crippen LogP contribution in [0.15, 0.2) is 0 Å². The Balaban J connectivity index is 3.35. The molecule has 86 valence electrons. The minimum absolute atomic E-state index is 0.308. The van der Waals surface area contributed by atoms with E-state index in [1.165, 1.54) is 0 Å². The van der Waals surface area contributed by atoms with E-state index in [4.69, 9.17) is 9.47 Å². The normalized spacial score (nSPS) is 12.0. The van der Waals surface area contributed by atoms with Crippen molar-refractivity contribution in [1.82, 2.24) is 5.32 Å². The first kappa shape index (κ1) is 13.9. The molecular formula is C11H25NO2. The van der Waals surface area contributed by atoms with Crippen molar-refractivity contribution in [2.24, 2.45) is 5.41 Å². The fourth-order valence-electron chi connectivity index (χ4n) is 1.18. The highest BCUT2D eigenvalue weighted by atomic mass is 16.5. The summed E-state index contributed by atoms with van der Waals surface area (Å²) in [6.45, 7) is 10.9. The van der Waals surface area contributed by atoms with Gasteiger partial charge >= 0.3 is 0 Å². The number of hydrogen-bond acceptors (Lipinski definition) is 3. The van der Waals surface area contributed by atoms with Crippen LogP contribution in [0.2, 0.25) is 0 Å². The predicted octanol–water partition coefficient (Wildman–Crippen LogP) is 1.68. The second-order valence-corrected chi connectivity index (χ2v) is 4.28. The molecule has 0 fully saturated rings. The van der Waals surface area contributed by atoms with Gasteiger partial charge in [-0.2, -0.15) is 0 Å². The summed E-state index contributed by atoms with van der Waals surface area (Å²) < 4.78 is 10.3. The second-order valence-electron chi connectivity index (χ2n) is 4.28. The van der Waals surface area contributed by atoms with Gasteiger partial charge in [-0.25, -0.2) is 0 Å². The summed E-state index contributed by atoms with van der Waals surface area (Å²) in [6, 6.07) is 0. The Morgan fingerprint density at radius 3 is 2.50 bits per heavy atom. The van der Waals surface area contributed by atoms with Gasteiger partial charge in [-0.15, -0.1) is 0 Å². The van der Waals surface area contributed by atoms with E-state index in [2.05, 4.69) is 19.2 Å². The molecule has 0 spiro atoms. The summed E-state index contributed by atoms with van der Waals surface area (Å²) in [6.07, 6.45) is 1.09. The number of ether oxygens (including phenoxy) is 2. The molecule has 0 aromatic carbocycles. The third kappa shape index (κ3) is 8.48. The second kappa shape index (κ2) is 8.21. The Bertz CT molecular complexity index is 126. The summed E-state index contributed by atoms with van der Waals surface area (Å²) in [5, 5.41) is 3.39. The van der Waals surface area contributed by atoms with Crippen LogP contribution in [-0.2, 0) is 9.47 Å². The van der Waals surface area contributed by atoms with Crippen LogP contribution in [0.25, 0.3) is 0 Å². The molecule has 0 aromatic rings. The van der Waals surface area contributed by atoms with Crippen molar-refractivity contribution in [3.05, 3.63) is 0 Å². The summed E-state index contributed by atoms with van der Waals surface area (Å²) in [4.78, 5) is 0. The zero-order chi connectivity index (χ0) is 10.9. The van der Waals surface area contributed by atoms with E-state index in [0.29, 0.717) is 5.41 Å². The Labute approximate surface area is 88.2 Å². The Morgan fingerprint density at radius 2 is 1.93 bits per heavy atom. The summed E-state index contributed by atoms with van der Waals surface area (Å²) in [7, 11) is 1.75. The lowest BCUT2D eigenvalue weighted by atomic mass is 9.90. The first-order valence-electron chi connectivity index (χ1n) is 5.40. The fourth-order valence-corrected chi connectivity index (χ4v) is 1.18. The Morgan fingerprint density at radius 1 is 1.21 bits per heavy atom. The van der Waals surface area contributed by atoms with E-state index in [1.807, 2.05) is 6.92 Å². The number of hydrogen-bond donors (Lipinski definition) is 1. The number of rotatable bonds is 9. The zero-order valence-electron chi connectivity index (χ0n) is 10.1. The van der Waals surface area contributed by atoms with Gasteiger partial charge in [0.15, 0.2) is 0 Å². The van der Waals surface area contributed by atoms with Gasteiger partial charge in [0.25, 0.3) is 0 Å². The molecular weight excluding hydrogens is 178 g/mol. The maximum atomic E-state index is 5.24. The molecule has 0 saturated carbocycles. The van der Waals surface area contributed by atoms with E-state index >= 15 is 0 Å². The average Bonchev–Trinajstić information content (AvgIpc) is 2.15. The first-order valence-corrected chi connectivity index (χ1v) is 5.40. The third-order valence-corrected chi connectivity index (χ3v) is 2.21. The minimum Gasteiger partial charge on any atom is -0.385 e. The molecule has 0 aromatic heterocycles. The van der Waals surface area contributed by atoms with Crippen LogP contribution in [0.3, 0.4) is 0 Å². The average molecular weight is 203 g/mol. The van der Waals surface area contributed by atoms with Gasteiger partial charge in [0.05, 0.1) is 6.61 Å². The molecule has 0 rings (SSSR count). The molecule has 0 bridgehead atoms. The smallest absolute Gasteiger partial charge is 0.0590 e. The van der Waals surface area contributed by atoms with E-state index in [-0.39, 0.29) is 0 Å². The van der Waals surface area contributed by atoms with Crippen LogP contribution in [0.4, 0.5) is 0 Å². The van der Waals surface area contributed by atoms with E-state index in [1.54, 1.807) is 7.11 Å². The van der Waals surface area contributed by atoms with Gasteiger partial charge in [0.1, 0.15) is 0 Å². The number of nitrogens with one attached hydrogen (secondary N) is 1. The van der Waals surface area contributed by atoms with Crippen molar-refractivity contribution in [3.8, 4) is 0 Å². The minimum atomic E-state index is 0.308. The molecule has 1 N–H and O–H groups in total. The molecule has 0 aliphatic carbocycles. The van der Waals surface area contributed by atoms with E-state index in [0.717, 1.165) is 39.3 Å². The van der Waals surface area contributed by atoms with Gasteiger partial charge in [-0.05, 0) is 18.8 Å². The van der Waals surface area contributed by atoms with E-state index < -0.39 is 0 Å². The highest BCUT2D eigenvalue weighted by molar-refractivity contribution is 4.70. The van der Waals surface area contributed by atoms with Gasteiger partial charge in [0, 0.05) is 33.4 Å². The van der Waals surface area contributed by atoms with Crippen molar-refractivity contribution < 1.29 is 9.47 Å². The summed E-state index contributed by atoms with van der Waals surface area (Å²) in [5.41, 5.74) is 0.308. The fraction of sp³-hybridized carbons (Fsp3) is 1.00. The maximum Gasteiger partial charge on any atom is 0.0590 e. The van der Waals surface area contributed by atoms with Gasteiger partial charge < -0.3 is 14.8 Å². The summed E-state index contributed by atoms with van der Waals surface area (Å²) >= 11 is 0. The van der Waals surface area contributed by atoms with Crippen LogP contribution >= 0.6 is 0 Å². The standard InChI is InChI=1S/C11H25NO2/c1-5-14-9-7-12-10-11(2,3)6-8-13-4/h12H,5-10H2,1-4H3. The van der Waals surface area contributed by atoms with Crippen molar-refractivity contribution in [2.75, 3.05) is 40.0 Å². The van der Waals surface area contributed by atoms with Crippen molar-refractivity contribution in [2.45, 2.75) is 27.2 Å². The van der Waals surface area contributed by atoms with Crippen molar-refractivity contribution >= 4 is 0 Å². The molecule has 0 amide bonds. The molecule has 0 aliphatic rings. The first-order chi connectivity index (χ1) is 6.62. The van der Waals surface area contributed by atoms with Crippen LogP contribution in [-0.4, -0.2) is 40.0 Å². The zero-order valence-corrected chi connectivity index (χ0v) is 10.1. The quantitative estimate of drug-likeness (QED) is 0.578. The maximum absolute atomic E-state index is 5.24. The van der Waals surface area contributed by atoms with Gasteiger partial charge in [0.2, 0.25) is 0 Å². The number of methoxy groups -OCH3 is 1. The van der Waals surface area contributed by atoms with Crippen LogP contribution < -0.4 is 5.32 Å². The molecule has 0 unspecified atom stereocenters. The predicted molar refractivity (Wildman–Crippen MR) is 59.6 cm³/mol. The van der Waals surface area contributed by atoms with Crippen LogP contribution in [0, 0.1) is 5.41 Å². The molecule has 0 saturated heterocycles. The molecule has 0 atom stereocenters. The molecule has 0 aliphatic heterocycles. The highest BCUT2D eigenvalue weighted by Crippen LogP contribution is 2.18. The summed E-state index contributed by atoms with van der Waals surface area (Å²) in [5.74, 6) is 0. The Hall–Kier alpha value is -0.120. The third-order valence-electron chi connectivity index (χ3n) is 2.21. The lowest BCUT2D eigenvalue weighted by molar-refractivity contribution is 0.135. The highest BCUT2D eigenvalue weighted by Gasteiger charge is 2.16. The van der Waals surface area contributed by atoms with E-state index in [9.17, 15) is 0 Å². The lowest BCUT2D eigenvalue weighted by Gasteiger charge is -2.24. The lowest BCUT2D eigenvalue weighted by Crippen LogP contribution is -2.32. The van der Waals surface area contributed by atoms with Crippen molar-refractivity contribution in [3.63, 3.8) is 0 Å². The monoisotopic (exact) mass is 203 g/mol. The van der Waals surface area contributed by atoms with Gasteiger partial charge in [-0.1, -0.05) is 13.8 Å². The SMILES string of the molecule is CCOCCNCC(C)(C)CCOC. The molecule has 3 heteroatoms.